The van der Waals surface area contributed by atoms with Crippen LogP contribution < -0.4 is 15.4 Å². The van der Waals surface area contributed by atoms with Crippen LogP contribution in [0.1, 0.15) is 47.3 Å². The van der Waals surface area contributed by atoms with Crippen LogP contribution in [0, 0.1) is 6.92 Å². The first kappa shape index (κ1) is 27.7. The van der Waals surface area contributed by atoms with Crippen LogP contribution in [-0.4, -0.2) is 34.5 Å². The van der Waals surface area contributed by atoms with E-state index in [-0.39, 0.29) is 45.0 Å². The van der Waals surface area contributed by atoms with E-state index < -0.39 is 11.9 Å². The first-order valence-corrected chi connectivity index (χ1v) is 10.5. The number of hydrogen-bond acceptors (Lipinski definition) is 4. The SMILES string of the molecule is COc1ccc(C(=O)NC2CCC(Nc3ccc(C)c4nc(C(F)(F)F)cn34)CC2)cc1.S.S. The van der Waals surface area contributed by atoms with Gasteiger partial charge in [0.1, 0.15) is 17.2 Å². The molecule has 0 atom stereocenters. The molecule has 2 heterocycles. The summed E-state index contributed by atoms with van der Waals surface area (Å²) in [7, 11) is 1.57. The first-order valence-electron chi connectivity index (χ1n) is 10.5. The van der Waals surface area contributed by atoms with Gasteiger partial charge in [0.15, 0.2) is 5.69 Å². The Morgan fingerprint density at radius 1 is 1.03 bits per heavy atom. The number of imidazole rings is 1. The van der Waals surface area contributed by atoms with Crippen molar-refractivity contribution in [2.24, 2.45) is 0 Å². The number of rotatable bonds is 5. The van der Waals surface area contributed by atoms with Crippen molar-refractivity contribution in [1.29, 1.82) is 0 Å². The van der Waals surface area contributed by atoms with Crippen molar-refractivity contribution in [2.75, 3.05) is 12.4 Å². The monoisotopic (exact) mass is 514 g/mol. The van der Waals surface area contributed by atoms with Gasteiger partial charge in [0, 0.05) is 23.8 Å². The molecule has 1 fully saturated rings. The van der Waals surface area contributed by atoms with Gasteiger partial charge in [-0.1, -0.05) is 6.07 Å². The van der Waals surface area contributed by atoms with E-state index in [0.717, 1.165) is 31.9 Å². The standard InChI is InChI=1S/C23H25F3N4O2.2H2S/c1-14-3-12-20(30-13-19(23(24,25)26)29-21(14)30)27-16-6-8-17(9-7-16)28-22(31)15-4-10-18(32-2)11-5-15;;/h3-5,10-13,16-17,27H,6-9H2,1-2H3,(H,28,31);2*1H2. The predicted molar refractivity (Wildman–Crippen MR) is 136 cm³/mol. The number of nitrogens with one attached hydrogen (secondary N) is 2. The Labute approximate surface area is 210 Å². The highest BCUT2D eigenvalue weighted by Crippen LogP contribution is 2.31. The van der Waals surface area contributed by atoms with Gasteiger partial charge in [-0.3, -0.25) is 9.20 Å². The number of nitrogens with zero attached hydrogens (tertiary/aromatic N) is 2. The van der Waals surface area contributed by atoms with E-state index in [1.165, 1.54) is 4.40 Å². The largest absolute Gasteiger partial charge is 0.497 e. The lowest BCUT2D eigenvalue weighted by Gasteiger charge is -2.30. The zero-order chi connectivity index (χ0) is 22.9. The molecule has 4 rings (SSSR count). The van der Waals surface area contributed by atoms with Gasteiger partial charge in [0.2, 0.25) is 0 Å². The molecule has 0 radical (unpaired) electrons. The number of benzene rings is 1. The molecule has 0 unspecified atom stereocenters. The van der Waals surface area contributed by atoms with Crippen LogP contribution in [0.4, 0.5) is 19.0 Å². The van der Waals surface area contributed by atoms with Crippen LogP contribution in [0.3, 0.4) is 0 Å². The lowest BCUT2D eigenvalue weighted by atomic mass is 9.91. The summed E-state index contributed by atoms with van der Waals surface area (Å²) in [4.78, 5) is 16.2. The van der Waals surface area contributed by atoms with Gasteiger partial charge < -0.3 is 15.4 Å². The summed E-state index contributed by atoms with van der Waals surface area (Å²) in [5, 5.41) is 6.43. The predicted octanol–water partition coefficient (Wildman–Crippen LogP) is 5.05. The zero-order valence-electron chi connectivity index (χ0n) is 18.9. The van der Waals surface area contributed by atoms with E-state index in [4.69, 9.17) is 4.74 Å². The number of carbonyl (C=O) groups is 1. The molecule has 1 amide bonds. The number of alkyl halides is 3. The molecule has 2 N–H and O–H groups in total. The highest BCUT2D eigenvalue weighted by Gasteiger charge is 2.34. The van der Waals surface area contributed by atoms with Gasteiger partial charge in [-0.2, -0.15) is 40.2 Å². The van der Waals surface area contributed by atoms with Gasteiger partial charge in [-0.05, 0) is 68.5 Å². The Hall–Kier alpha value is -2.53. The van der Waals surface area contributed by atoms with Crippen LogP contribution >= 0.6 is 27.0 Å². The summed E-state index contributed by atoms with van der Waals surface area (Å²) < 4.78 is 45.9. The van der Waals surface area contributed by atoms with Crippen LogP contribution in [0.15, 0.2) is 42.6 Å². The maximum Gasteiger partial charge on any atom is 0.434 e. The molecule has 0 saturated heterocycles. The summed E-state index contributed by atoms with van der Waals surface area (Å²) in [6.45, 7) is 1.74. The van der Waals surface area contributed by atoms with Crippen molar-refractivity contribution in [3.05, 3.63) is 59.4 Å². The molecular weight excluding hydrogens is 485 g/mol. The molecule has 3 aromatic rings. The van der Waals surface area contributed by atoms with Crippen molar-refractivity contribution in [3.8, 4) is 5.75 Å². The number of carbonyl (C=O) groups excluding carboxylic acids is 1. The Morgan fingerprint density at radius 3 is 2.24 bits per heavy atom. The second kappa shape index (κ2) is 11.3. The summed E-state index contributed by atoms with van der Waals surface area (Å²) in [6, 6.07) is 10.7. The van der Waals surface area contributed by atoms with Crippen LogP contribution in [0.5, 0.6) is 5.75 Å². The van der Waals surface area contributed by atoms with Gasteiger partial charge >= 0.3 is 6.18 Å². The number of methoxy groups -OCH3 is 1. The molecule has 1 saturated carbocycles. The van der Waals surface area contributed by atoms with Gasteiger partial charge in [-0.25, -0.2) is 4.98 Å². The maximum atomic E-state index is 13.1. The third-order valence-electron chi connectivity index (χ3n) is 5.87. The molecule has 0 spiro atoms. The number of ether oxygens (including phenoxy) is 1. The Balaban J connectivity index is 0.00000204. The molecule has 186 valence electrons. The van der Waals surface area contributed by atoms with E-state index in [0.29, 0.717) is 28.3 Å². The highest BCUT2D eigenvalue weighted by molar-refractivity contribution is 7.59. The minimum atomic E-state index is -4.49. The number of pyridine rings is 1. The van der Waals surface area contributed by atoms with E-state index in [1.54, 1.807) is 50.4 Å². The van der Waals surface area contributed by atoms with E-state index >= 15 is 0 Å². The second-order valence-corrected chi connectivity index (χ2v) is 8.11. The first-order chi connectivity index (χ1) is 15.2. The lowest BCUT2D eigenvalue weighted by molar-refractivity contribution is -0.140. The average molecular weight is 515 g/mol. The zero-order valence-corrected chi connectivity index (χ0v) is 20.9. The third-order valence-corrected chi connectivity index (χ3v) is 5.87. The molecule has 1 aromatic carbocycles. The molecule has 1 aliphatic rings. The molecule has 0 aliphatic heterocycles. The summed E-state index contributed by atoms with van der Waals surface area (Å²) in [5.74, 6) is 1.15. The minimum absolute atomic E-state index is 0. The van der Waals surface area contributed by atoms with Crippen molar-refractivity contribution >= 4 is 44.4 Å². The summed E-state index contributed by atoms with van der Waals surface area (Å²) >= 11 is 0. The normalized spacial score (nSPS) is 17.9. The van der Waals surface area contributed by atoms with Crippen molar-refractivity contribution in [2.45, 2.75) is 50.9 Å². The fourth-order valence-corrected chi connectivity index (χ4v) is 4.06. The highest BCUT2D eigenvalue weighted by atomic mass is 32.1. The van der Waals surface area contributed by atoms with Crippen molar-refractivity contribution in [1.82, 2.24) is 14.7 Å². The maximum absolute atomic E-state index is 13.1. The average Bonchev–Trinajstić information content (AvgIpc) is 3.24. The van der Waals surface area contributed by atoms with E-state index in [2.05, 4.69) is 15.6 Å². The van der Waals surface area contributed by atoms with Crippen molar-refractivity contribution < 1.29 is 22.7 Å². The summed E-state index contributed by atoms with van der Waals surface area (Å²) in [5.41, 5.74) is 0.646. The topological polar surface area (TPSA) is 67.7 Å². The Morgan fingerprint density at radius 2 is 1.65 bits per heavy atom. The number of amides is 1. The number of fused-ring (bicyclic) bond motifs is 1. The molecule has 34 heavy (non-hydrogen) atoms. The molecule has 11 heteroatoms. The van der Waals surface area contributed by atoms with Gasteiger partial charge in [0.25, 0.3) is 5.91 Å². The fraction of sp³-hybridized carbons (Fsp3) is 0.391. The quantitative estimate of drug-likeness (QED) is 0.500. The van der Waals surface area contributed by atoms with E-state index in [1.807, 2.05) is 0 Å². The molecule has 2 aromatic heterocycles. The van der Waals surface area contributed by atoms with E-state index in [9.17, 15) is 18.0 Å². The number of aromatic nitrogens is 2. The molecular formula is C23H29F3N4O2S2. The third kappa shape index (κ3) is 6.12. The van der Waals surface area contributed by atoms with Crippen LogP contribution in [0.25, 0.3) is 5.65 Å². The number of hydrogen-bond donors (Lipinski definition) is 2. The number of halogens is 3. The summed E-state index contributed by atoms with van der Waals surface area (Å²) in [6.07, 6.45) is -0.298. The van der Waals surface area contributed by atoms with Gasteiger partial charge in [-0.15, -0.1) is 0 Å². The second-order valence-electron chi connectivity index (χ2n) is 8.11. The fourth-order valence-electron chi connectivity index (χ4n) is 4.06. The molecule has 0 bridgehead atoms. The minimum Gasteiger partial charge on any atom is -0.497 e. The lowest BCUT2D eigenvalue weighted by Crippen LogP contribution is -2.40. The van der Waals surface area contributed by atoms with Gasteiger partial charge in [0.05, 0.1) is 7.11 Å². The van der Waals surface area contributed by atoms with Crippen molar-refractivity contribution in [3.63, 3.8) is 0 Å². The van der Waals surface area contributed by atoms with Crippen LogP contribution in [-0.2, 0) is 6.18 Å². The Kier molecular flexibility index (Phi) is 9.18. The Bertz CT molecular complexity index is 1110. The molecule has 6 nitrogen and oxygen atoms in total. The van der Waals surface area contributed by atoms with Crippen LogP contribution in [0.2, 0.25) is 0 Å². The number of aryl methyl sites for hydroxylation is 1. The molecule has 1 aliphatic carbocycles. The number of anilines is 1. The smallest absolute Gasteiger partial charge is 0.434 e.